The largest absolute Gasteiger partial charge is 0.339 e. The lowest BCUT2D eigenvalue weighted by Crippen LogP contribution is -2.47. The highest BCUT2D eigenvalue weighted by Gasteiger charge is 2.38. The zero-order chi connectivity index (χ0) is 16.4. The van der Waals surface area contributed by atoms with Crippen molar-refractivity contribution in [3.8, 4) is 0 Å². The SMILES string of the molecule is CC(C)c1noc(CCC(=O)N2CCC[C@H]2[C@@H]2CCCN2C)n1. The van der Waals surface area contributed by atoms with E-state index in [0.29, 0.717) is 30.8 Å². The maximum Gasteiger partial charge on any atom is 0.227 e. The molecule has 1 aromatic rings. The van der Waals surface area contributed by atoms with Crippen molar-refractivity contribution in [1.29, 1.82) is 0 Å². The van der Waals surface area contributed by atoms with Gasteiger partial charge in [-0.1, -0.05) is 19.0 Å². The fourth-order valence-corrected chi connectivity index (χ4v) is 3.89. The average molecular weight is 320 g/mol. The maximum atomic E-state index is 12.7. The van der Waals surface area contributed by atoms with E-state index in [1.165, 1.54) is 12.8 Å². The molecule has 0 aliphatic carbocycles. The first-order valence-corrected chi connectivity index (χ1v) is 8.88. The lowest BCUT2D eigenvalue weighted by Gasteiger charge is -2.33. The molecule has 0 spiro atoms. The van der Waals surface area contributed by atoms with Crippen molar-refractivity contribution in [2.24, 2.45) is 0 Å². The van der Waals surface area contributed by atoms with Crippen molar-refractivity contribution < 1.29 is 9.32 Å². The van der Waals surface area contributed by atoms with Crippen LogP contribution in [0.3, 0.4) is 0 Å². The molecule has 6 nitrogen and oxygen atoms in total. The molecule has 2 aliphatic rings. The number of likely N-dealkylation sites (N-methyl/N-ethyl adjacent to an activating group) is 1. The van der Waals surface area contributed by atoms with Gasteiger partial charge in [-0.3, -0.25) is 4.79 Å². The van der Waals surface area contributed by atoms with Gasteiger partial charge >= 0.3 is 0 Å². The Kier molecular flexibility index (Phi) is 4.99. The van der Waals surface area contributed by atoms with Gasteiger partial charge in [-0.15, -0.1) is 0 Å². The van der Waals surface area contributed by atoms with Crippen molar-refractivity contribution in [2.45, 2.75) is 70.4 Å². The molecule has 23 heavy (non-hydrogen) atoms. The summed E-state index contributed by atoms with van der Waals surface area (Å²) in [6.45, 7) is 6.12. The highest BCUT2D eigenvalue weighted by molar-refractivity contribution is 5.77. The summed E-state index contributed by atoms with van der Waals surface area (Å²) >= 11 is 0. The maximum absolute atomic E-state index is 12.7. The Morgan fingerprint density at radius 3 is 2.65 bits per heavy atom. The minimum atomic E-state index is 0.233. The second kappa shape index (κ2) is 6.99. The fraction of sp³-hybridized carbons (Fsp3) is 0.824. The van der Waals surface area contributed by atoms with Gasteiger partial charge in [0.15, 0.2) is 5.82 Å². The Hall–Kier alpha value is -1.43. The first kappa shape index (κ1) is 16.4. The van der Waals surface area contributed by atoms with E-state index in [2.05, 4.69) is 27.0 Å². The van der Waals surface area contributed by atoms with E-state index in [1.807, 2.05) is 13.8 Å². The van der Waals surface area contributed by atoms with Crippen molar-refractivity contribution in [2.75, 3.05) is 20.1 Å². The molecule has 6 heteroatoms. The second-order valence-electron chi connectivity index (χ2n) is 7.19. The third-order valence-corrected chi connectivity index (χ3v) is 5.19. The van der Waals surface area contributed by atoms with Crippen LogP contribution in [0.1, 0.15) is 63.6 Å². The Balaban J connectivity index is 1.56. The van der Waals surface area contributed by atoms with Gasteiger partial charge in [-0.25, -0.2) is 0 Å². The van der Waals surface area contributed by atoms with Crippen LogP contribution in [0.4, 0.5) is 0 Å². The molecule has 0 saturated carbocycles. The molecule has 0 radical (unpaired) electrons. The summed E-state index contributed by atoms with van der Waals surface area (Å²) in [6.07, 6.45) is 5.73. The third-order valence-electron chi connectivity index (χ3n) is 5.19. The van der Waals surface area contributed by atoms with Gasteiger partial charge in [0.25, 0.3) is 0 Å². The number of likely N-dealkylation sites (tertiary alicyclic amines) is 2. The molecular weight excluding hydrogens is 292 g/mol. The van der Waals surface area contributed by atoms with Crippen LogP contribution in [0, 0.1) is 0 Å². The van der Waals surface area contributed by atoms with Crippen LogP contribution < -0.4 is 0 Å². The lowest BCUT2D eigenvalue weighted by molar-refractivity contribution is -0.133. The summed E-state index contributed by atoms with van der Waals surface area (Å²) in [6, 6.07) is 0.932. The van der Waals surface area contributed by atoms with Gasteiger partial charge in [0.05, 0.1) is 0 Å². The van der Waals surface area contributed by atoms with E-state index in [-0.39, 0.29) is 11.8 Å². The number of aryl methyl sites for hydroxylation is 1. The number of rotatable bonds is 5. The molecule has 1 aromatic heterocycles. The van der Waals surface area contributed by atoms with Gasteiger partial charge < -0.3 is 14.3 Å². The zero-order valence-corrected chi connectivity index (χ0v) is 14.5. The Labute approximate surface area is 138 Å². The summed E-state index contributed by atoms with van der Waals surface area (Å²) in [5, 5.41) is 3.96. The topological polar surface area (TPSA) is 62.5 Å². The number of carbonyl (C=O) groups excluding carboxylic acids is 1. The summed E-state index contributed by atoms with van der Waals surface area (Å²) in [4.78, 5) is 21.5. The number of aromatic nitrogens is 2. The number of nitrogens with zero attached hydrogens (tertiary/aromatic N) is 4. The molecule has 0 unspecified atom stereocenters. The van der Waals surface area contributed by atoms with Crippen molar-refractivity contribution in [1.82, 2.24) is 19.9 Å². The summed E-state index contributed by atoms with van der Waals surface area (Å²) in [5.74, 6) is 1.79. The standard InChI is InChI=1S/C17H28N4O2/c1-12(2)17-18-15(23-19-17)8-9-16(22)21-11-5-7-14(21)13-6-4-10-20(13)3/h12-14H,4-11H2,1-3H3/t13-,14-/m0/s1. The zero-order valence-electron chi connectivity index (χ0n) is 14.5. The second-order valence-corrected chi connectivity index (χ2v) is 7.19. The van der Waals surface area contributed by atoms with Crippen LogP contribution in [0.5, 0.6) is 0 Å². The molecular formula is C17H28N4O2. The number of hydrogen-bond acceptors (Lipinski definition) is 5. The predicted molar refractivity (Wildman–Crippen MR) is 87.1 cm³/mol. The minimum absolute atomic E-state index is 0.233. The normalized spacial score (nSPS) is 25.7. The predicted octanol–water partition coefficient (Wildman–Crippen LogP) is 2.21. The molecule has 0 bridgehead atoms. The van der Waals surface area contributed by atoms with Crippen molar-refractivity contribution in [3.63, 3.8) is 0 Å². The Morgan fingerprint density at radius 1 is 1.26 bits per heavy atom. The smallest absolute Gasteiger partial charge is 0.227 e. The molecule has 1 amide bonds. The molecule has 2 saturated heterocycles. The molecule has 2 fully saturated rings. The van der Waals surface area contributed by atoms with Gasteiger partial charge in [0.1, 0.15) is 0 Å². The van der Waals surface area contributed by atoms with Gasteiger partial charge in [0, 0.05) is 37.4 Å². The van der Waals surface area contributed by atoms with Crippen LogP contribution in [0.25, 0.3) is 0 Å². The molecule has 0 N–H and O–H groups in total. The monoisotopic (exact) mass is 320 g/mol. The number of carbonyl (C=O) groups is 1. The van der Waals surface area contributed by atoms with Crippen molar-refractivity contribution in [3.05, 3.63) is 11.7 Å². The van der Waals surface area contributed by atoms with E-state index in [9.17, 15) is 4.79 Å². The van der Waals surface area contributed by atoms with E-state index in [1.54, 1.807) is 0 Å². The van der Waals surface area contributed by atoms with Crippen LogP contribution in [-0.2, 0) is 11.2 Å². The number of hydrogen-bond donors (Lipinski definition) is 0. The van der Waals surface area contributed by atoms with E-state index >= 15 is 0 Å². The van der Waals surface area contributed by atoms with Crippen molar-refractivity contribution >= 4 is 5.91 Å². The van der Waals surface area contributed by atoms with Gasteiger partial charge in [-0.2, -0.15) is 4.98 Å². The summed E-state index contributed by atoms with van der Waals surface area (Å²) in [5.41, 5.74) is 0. The first-order chi connectivity index (χ1) is 11.1. The first-order valence-electron chi connectivity index (χ1n) is 8.88. The average Bonchev–Trinajstić information content (AvgIpc) is 3.24. The molecule has 2 aliphatic heterocycles. The van der Waals surface area contributed by atoms with Crippen LogP contribution in [-0.4, -0.2) is 58.1 Å². The van der Waals surface area contributed by atoms with Crippen LogP contribution >= 0.6 is 0 Å². The molecule has 3 rings (SSSR count). The Bertz CT molecular complexity index is 542. The molecule has 128 valence electrons. The highest BCUT2D eigenvalue weighted by atomic mass is 16.5. The quantitative estimate of drug-likeness (QED) is 0.832. The summed E-state index contributed by atoms with van der Waals surface area (Å²) < 4.78 is 5.24. The van der Waals surface area contributed by atoms with E-state index in [0.717, 1.165) is 31.8 Å². The molecule has 0 aromatic carbocycles. The van der Waals surface area contributed by atoms with Gasteiger partial charge in [0.2, 0.25) is 11.8 Å². The number of amides is 1. The van der Waals surface area contributed by atoms with E-state index in [4.69, 9.17) is 4.52 Å². The van der Waals surface area contributed by atoms with Gasteiger partial charge in [-0.05, 0) is 39.3 Å². The van der Waals surface area contributed by atoms with Crippen LogP contribution in [0.2, 0.25) is 0 Å². The van der Waals surface area contributed by atoms with E-state index < -0.39 is 0 Å². The molecule has 3 heterocycles. The summed E-state index contributed by atoms with van der Waals surface area (Å²) in [7, 11) is 2.19. The lowest BCUT2D eigenvalue weighted by atomic mass is 10.0. The fourth-order valence-electron chi connectivity index (χ4n) is 3.89. The highest BCUT2D eigenvalue weighted by Crippen LogP contribution is 2.29. The third kappa shape index (κ3) is 3.57. The molecule has 2 atom stereocenters. The minimum Gasteiger partial charge on any atom is -0.339 e. The van der Waals surface area contributed by atoms with Crippen LogP contribution in [0.15, 0.2) is 4.52 Å². The Morgan fingerprint density at radius 2 is 2.00 bits per heavy atom.